The van der Waals surface area contributed by atoms with Gasteiger partial charge in [0.2, 0.25) is 6.29 Å². The molecule has 9 heteroatoms. The summed E-state index contributed by atoms with van der Waals surface area (Å²) in [4.78, 5) is 12.4. The zero-order valence-corrected chi connectivity index (χ0v) is 17.9. The molecule has 1 aliphatic heterocycles. The number of ether oxygens (including phenoxy) is 4. The number of hydrogen-bond donors (Lipinski definition) is 4. The van der Waals surface area contributed by atoms with Crippen LogP contribution in [-0.4, -0.2) is 70.2 Å². The average Bonchev–Trinajstić information content (AvgIpc) is 2.67. The van der Waals surface area contributed by atoms with Crippen molar-refractivity contribution in [1.29, 1.82) is 0 Å². The quantitative estimate of drug-likeness (QED) is 0.290. The summed E-state index contributed by atoms with van der Waals surface area (Å²) < 4.78 is 21.2. The lowest BCUT2D eigenvalue weighted by Crippen LogP contribution is -2.59. The first-order chi connectivity index (χ1) is 14.1. The Hall–Kier alpha value is -1.75. The van der Waals surface area contributed by atoms with Gasteiger partial charge in [0.25, 0.3) is 0 Å². The summed E-state index contributed by atoms with van der Waals surface area (Å²) in [5, 5.41) is 38.9. The molecule has 170 valence electrons. The summed E-state index contributed by atoms with van der Waals surface area (Å²) in [7, 11) is 0. The van der Waals surface area contributed by atoms with Crippen LogP contribution in [0.1, 0.15) is 57.6 Å². The minimum Gasteiger partial charge on any atom is -0.404 e. The average molecular weight is 428 g/mol. The molecule has 4 N–H and O–H groups in total. The van der Waals surface area contributed by atoms with Crippen LogP contribution in [0.3, 0.4) is 0 Å². The Bertz CT molecular complexity index is 677. The topological polar surface area (TPSA) is 135 Å². The van der Waals surface area contributed by atoms with Crippen molar-refractivity contribution < 1.29 is 44.2 Å². The minimum atomic E-state index is -1.60. The molecule has 0 radical (unpaired) electrons. The Morgan fingerprint density at radius 2 is 1.57 bits per heavy atom. The van der Waals surface area contributed by atoms with Gasteiger partial charge in [0.15, 0.2) is 6.29 Å². The van der Waals surface area contributed by atoms with E-state index in [1.54, 1.807) is 0 Å². The Labute approximate surface area is 176 Å². The van der Waals surface area contributed by atoms with Crippen LogP contribution in [0, 0.1) is 0 Å². The molecule has 1 aromatic carbocycles. The largest absolute Gasteiger partial charge is 0.516 e. The molecule has 6 atom stereocenters. The Kier molecular flexibility index (Phi) is 8.60. The number of hydrogen-bond acceptors (Lipinski definition) is 9. The van der Waals surface area contributed by atoms with Gasteiger partial charge in [-0.05, 0) is 29.9 Å². The SMILES string of the molecule is CC(OC(=O)Oc1c(C(C)C)cccc1C(C)C)O[C@@H]1O[C@H](CO)[C@@H](O)[C@H](O)[C@H]1O. The molecule has 0 bridgehead atoms. The lowest BCUT2D eigenvalue weighted by Gasteiger charge is -2.40. The van der Waals surface area contributed by atoms with Crippen molar-refractivity contribution in [2.45, 2.75) is 83.5 Å². The lowest BCUT2D eigenvalue weighted by atomic mass is 9.94. The Morgan fingerprint density at radius 1 is 1.00 bits per heavy atom. The molecular formula is C21H32O9. The van der Waals surface area contributed by atoms with E-state index >= 15 is 0 Å². The van der Waals surface area contributed by atoms with E-state index in [1.165, 1.54) is 6.92 Å². The van der Waals surface area contributed by atoms with Gasteiger partial charge < -0.3 is 39.4 Å². The molecule has 1 saturated heterocycles. The fraction of sp³-hybridized carbons (Fsp3) is 0.667. The summed E-state index contributed by atoms with van der Waals surface area (Å²) in [6.07, 6.45) is -9.44. The summed E-state index contributed by atoms with van der Waals surface area (Å²) in [5.74, 6) is 0.677. The summed E-state index contributed by atoms with van der Waals surface area (Å²) in [6, 6.07) is 5.67. The van der Waals surface area contributed by atoms with Gasteiger partial charge in [-0.2, -0.15) is 0 Å². The monoisotopic (exact) mass is 428 g/mol. The maximum absolute atomic E-state index is 12.4. The fourth-order valence-electron chi connectivity index (χ4n) is 3.24. The summed E-state index contributed by atoms with van der Waals surface area (Å²) >= 11 is 0. The molecule has 30 heavy (non-hydrogen) atoms. The smallest absolute Gasteiger partial charge is 0.404 e. The third-order valence-corrected chi connectivity index (χ3v) is 4.94. The van der Waals surface area contributed by atoms with Gasteiger partial charge in [-0.25, -0.2) is 4.79 Å². The Balaban J connectivity index is 2.05. The second-order valence-electron chi connectivity index (χ2n) is 7.95. The molecular weight excluding hydrogens is 396 g/mol. The molecule has 0 aromatic heterocycles. The van der Waals surface area contributed by atoms with Crippen LogP contribution in [0.5, 0.6) is 5.75 Å². The van der Waals surface area contributed by atoms with Crippen molar-refractivity contribution >= 4 is 6.16 Å². The van der Waals surface area contributed by atoms with Crippen LogP contribution in [0.2, 0.25) is 0 Å². The van der Waals surface area contributed by atoms with E-state index in [9.17, 15) is 25.2 Å². The first-order valence-electron chi connectivity index (χ1n) is 10.0. The summed E-state index contributed by atoms with van der Waals surface area (Å²) in [5.41, 5.74) is 1.72. The highest BCUT2D eigenvalue weighted by Crippen LogP contribution is 2.35. The molecule has 0 saturated carbocycles. The van der Waals surface area contributed by atoms with E-state index in [-0.39, 0.29) is 11.8 Å². The number of carbonyl (C=O) groups is 1. The number of carbonyl (C=O) groups excluding carboxylic acids is 1. The molecule has 9 nitrogen and oxygen atoms in total. The maximum atomic E-state index is 12.4. The molecule has 1 aromatic rings. The number of aliphatic hydroxyl groups is 4. The van der Waals surface area contributed by atoms with Gasteiger partial charge in [-0.1, -0.05) is 45.9 Å². The summed E-state index contributed by atoms with van der Waals surface area (Å²) in [6.45, 7) is 8.75. The number of aliphatic hydroxyl groups excluding tert-OH is 4. The van der Waals surface area contributed by atoms with Crippen LogP contribution >= 0.6 is 0 Å². The first-order valence-corrected chi connectivity index (χ1v) is 10.0. The van der Waals surface area contributed by atoms with E-state index < -0.39 is 49.8 Å². The lowest BCUT2D eigenvalue weighted by molar-refractivity contribution is -0.328. The standard InChI is InChI=1S/C21H32O9/c1-10(2)13-7-6-8-14(11(3)4)19(13)30-21(26)28-12(5)27-20-18(25)17(24)16(23)15(9-22)29-20/h6-8,10-12,15-18,20,22-25H,9H2,1-5H3/t12?,15-,16-,17+,18-,20-/m1/s1. The predicted octanol–water partition coefficient (Wildman–Crippen LogP) is 1.61. The molecule has 0 amide bonds. The molecule has 0 spiro atoms. The van der Waals surface area contributed by atoms with Gasteiger partial charge in [0, 0.05) is 0 Å². The van der Waals surface area contributed by atoms with Crippen LogP contribution in [0.25, 0.3) is 0 Å². The third-order valence-electron chi connectivity index (χ3n) is 4.94. The van der Waals surface area contributed by atoms with Gasteiger partial charge in [0.1, 0.15) is 30.2 Å². The number of rotatable bonds is 7. The molecule has 1 aliphatic rings. The van der Waals surface area contributed by atoms with Crippen LogP contribution in [0.15, 0.2) is 18.2 Å². The van der Waals surface area contributed by atoms with E-state index in [0.717, 1.165) is 11.1 Å². The zero-order valence-electron chi connectivity index (χ0n) is 17.9. The molecule has 1 heterocycles. The van der Waals surface area contributed by atoms with E-state index in [2.05, 4.69) is 0 Å². The van der Waals surface area contributed by atoms with Crippen LogP contribution in [0.4, 0.5) is 4.79 Å². The maximum Gasteiger partial charge on any atom is 0.516 e. The van der Waals surface area contributed by atoms with Gasteiger partial charge >= 0.3 is 6.16 Å². The normalized spacial score (nSPS) is 27.9. The van der Waals surface area contributed by atoms with Crippen molar-refractivity contribution in [3.63, 3.8) is 0 Å². The van der Waals surface area contributed by atoms with Gasteiger partial charge in [0.05, 0.1) is 6.61 Å². The first kappa shape index (κ1) is 24.5. The molecule has 1 fully saturated rings. The minimum absolute atomic E-state index is 0.120. The predicted molar refractivity (Wildman–Crippen MR) is 106 cm³/mol. The number of benzene rings is 1. The van der Waals surface area contributed by atoms with E-state index in [4.69, 9.17) is 18.9 Å². The van der Waals surface area contributed by atoms with Crippen molar-refractivity contribution in [2.24, 2.45) is 0 Å². The van der Waals surface area contributed by atoms with Crippen molar-refractivity contribution in [1.82, 2.24) is 0 Å². The fourth-order valence-corrected chi connectivity index (χ4v) is 3.24. The van der Waals surface area contributed by atoms with E-state index in [0.29, 0.717) is 5.75 Å². The Morgan fingerprint density at radius 3 is 2.07 bits per heavy atom. The van der Waals surface area contributed by atoms with Crippen molar-refractivity contribution in [3.05, 3.63) is 29.3 Å². The van der Waals surface area contributed by atoms with Crippen LogP contribution < -0.4 is 4.74 Å². The second-order valence-corrected chi connectivity index (χ2v) is 7.95. The second kappa shape index (κ2) is 10.5. The highest BCUT2D eigenvalue weighted by molar-refractivity contribution is 5.66. The van der Waals surface area contributed by atoms with Gasteiger partial charge in [-0.15, -0.1) is 0 Å². The highest BCUT2D eigenvalue weighted by atomic mass is 16.8. The number of para-hydroxylation sites is 1. The van der Waals surface area contributed by atoms with Crippen LogP contribution in [-0.2, 0) is 14.2 Å². The van der Waals surface area contributed by atoms with Gasteiger partial charge in [-0.3, -0.25) is 0 Å². The van der Waals surface area contributed by atoms with Crippen molar-refractivity contribution in [3.8, 4) is 5.75 Å². The third kappa shape index (κ3) is 5.69. The van der Waals surface area contributed by atoms with E-state index in [1.807, 2.05) is 45.9 Å². The molecule has 2 rings (SSSR count). The zero-order chi connectivity index (χ0) is 22.6. The molecule has 1 unspecified atom stereocenters. The van der Waals surface area contributed by atoms with Crippen molar-refractivity contribution in [2.75, 3.05) is 6.61 Å². The highest BCUT2D eigenvalue weighted by Gasteiger charge is 2.44. The molecule has 0 aliphatic carbocycles.